The molecule has 2 N–H and O–H groups in total. The van der Waals surface area contributed by atoms with Crippen LogP contribution in [0, 0.1) is 0 Å². The molecule has 0 rings (SSSR count). The van der Waals surface area contributed by atoms with E-state index in [0.29, 0.717) is 12.8 Å². The summed E-state index contributed by atoms with van der Waals surface area (Å²) in [7, 11) is 1.17. The third-order valence-corrected chi connectivity index (χ3v) is 4.99. The second-order valence-electron chi connectivity index (χ2n) is 8.69. The third-order valence-electron chi connectivity index (χ3n) is 4.99. The van der Waals surface area contributed by atoms with Crippen molar-refractivity contribution in [3.8, 4) is 0 Å². The van der Waals surface area contributed by atoms with Crippen LogP contribution >= 0.6 is 0 Å². The maximum atomic E-state index is 13.2. The largest absolute Gasteiger partial charge is 0.467 e. The number of methoxy groups -OCH3 is 1. The highest BCUT2D eigenvalue weighted by Crippen LogP contribution is 2.20. The van der Waals surface area contributed by atoms with Crippen molar-refractivity contribution in [2.24, 2.45) is 0 Å². The molecule has 0 aromatic heterocycles. The molecule has 0 heterocycles. The van der Waals surface area contributed by atoms with E-state index in [9.17, 15) is 38.4 Å². The molecule has 0 saturated heterocycles. The number of ether oxygens (including phenoxy) is 6. The number of esters is 6. The van der Waals surface area contributed by atoms with Crippen molar-refractivity contribution in [1.29, 1.82) is 0 Å². The minimum Gasteiger partial charge on any atom is -0.467 e. The minimum atomic E-state index is -1.90. The molecule has 0 bridgehead atoms. The first-order chi connectivity index (χ1) is 19.1. The van der Waals surface area contributed by atoms with E-state index in [2.05, 4.69) is 15.4 Å². The molecule has 0 unspecified atom stereocenters. The molecule has 232 valence electrons. The predicted molar refractivity (Wildman–Crippen MR) is 135 cm³/mol. The van der Waals surface area contributed by atoms with Gasteiger partial charge in [-0.15, -0.1) is 0 Å². The van der Waals surface area contributed by atoms with Gasteiger partial charge in [-0.25, -0.2) is 4.79 Å². The van der Waals surface area contributed by atoms with Crippen molar-refractivity contribution >= 4 is 47.6 Å². The summed E-state index contributed by atoms with van der Waals surface area (Å²) < 4.78 is 30.2. The van der Waals surface area contributed by atoms with E-state index in [-0.39, 0.29) is 13.0 Å². The van der Waals surface area contributed by atoms with Crippen molar-refractivity contribution in [3.63, 3.8) is 0 Å². The lowest BCUT2D eigenvalue weighted by molar-refractivity contribution is -0.203. The van der Waals surface area contributed by atoms with Crippen LogP contribution in [0.25, 0.3) is 0 Å². The van der Waals surface area contributed by atoms with Gasteiger partial charge in [0.25, 0.3) is 5.91 Å². The van der Waals surface area contributed by atoms with E-state index in [1.54, 1.807) is 0 Å². The lowest BCUT2D eigenvalue weighted by atomic mass is 10.0. The molecule has 0 aromatic rings. The summed E-state index contributed by atoms with van der Waals surface area (Å²) in [6, 6.07) is -0.893. The zero-order valence-electron chi connectivity index (χ0n) is 24.1. The van der Waals surface area contributed by atoms with Gasteiger partial charge < -0.3 is 39.1 Å². The molecular weight excluding hydrogens is 552 g/mol. The first kappa shape index (κ1) is 36.8. The number of nitrogens with one attached hydrogen (secondary N) is 2. The van der Waals surface area contributed by atoms with Crippen LogP contribution in [-0.2, 0) is 66.8 Å². The quantitative estimate of drug-likeness (QED) is 0.121. The zero-order valence-corrected chi connectivity index (χ0v) is 24.1. The summed E-state index contributed by atoms with van der Waals surface area (Å²) in [6.45, 7) is 5.58. The molecule has 16 heteroatoms. The Bertz CT molecular complexity index is 966. The maximum absolute atomic E-state index is 13.2. The Balaban J connectivity index is 5.98. The predicted octanol–water partition coefficient (Wildman–Crippen LogP) is -0.759. The Labute approximate surface area is 237 Å². The number of hydrogen-bond acceptors (Lipinski definition) is 14. The fourth-order valence-electron chi connectivity index (χ4n) is 3.52. The van der Waals surface area contributed by atoms with Crippen LogP contribution in [0.2, 0.25) is 0 Å². The van der Waals surface area contributed by atoms with E-state index in [0.717, 1.165) is 34.6 Å². The smallest absolute Gasteiger partial charge is 0.328 e. The summed E-state index contributed by atoms with van der Waals surface area (Å²) in [5.41, 5.74) is 0. The maximum Gasteiger partial charge on any atom is 0.328 e. The van der Waals surface area contributed by atoms with Crippen LogP contribution in [0.1, 0.15) is 60.8 Å². The van der Waals surface area contributed by atoms with Crippen LogP contribution in [0.15, 0.2) is 0 Å². The van der Waals surface area contributed by atoms with E-state index >= 15 is 0 Å². The SMILES string of the molecule is COC(=O)[C@H](CCCCNC(=O)[C@H](OC(C)=O)[C@@H](OC(C)=O)[C@H](OC(C)=O)[C@@H](COC(C)=O)OC(C)=O)NC(C)=O. The number of carbonyl (C=O) groups excluding carboxylic acids is 8. The molecule has 0 aliphatic carbocycles. The van der Waals surface area contributed by atoms with Crippen molar-refractivity contribution in [3.05, 3.63) is 0 Å². The van der Waals surface area contributed by atoms with Gasteiger partial charge in [0.15, 0.2) is 18.3 Å². The molecule has 0 aliphatic rings. The Morgan fingerprint density at radius 3 is 1.66 bits per heavy atom. The minimum absolute atomic E-state index is 0.0175. The molecule has 0 fully saturated rings. The third kappa shape index (κ3) is 15.8. The van der Waals surface area contributed by atoms with Crippen LogP contribution in [-0.4, -0.2) is 98.3 Å². The molecule has 0 aromatic carbocycles. The standard InChI is InChI=1S/C25H38N2O14/c1-13(28)27-19(25(35)36-7)10-8-9-11-26-24(34)23(41-18(6)33)22(40-17(5)32)21(39-16(4)31)20(38-15(3)30)12-37-14(2)29/h19-23H,8-12H2,1-7H3,(H,26,34)(H,27,28)/t19-,20+,21+,22-,23+/m0/s1. The highest BCUT2D eigenvalue weighted by atomic mass is 16.6. The number of rotatable bonds is 17. The van der Waals surface area contributed by atoms with Crippen molar-refractivity contribution in [2.75, 3.05) is 20.3 Å². The van der Waals surface area contributed by atoms with Crippen molar-refractivity contribution < 1.29 is 66.8 Å². The Kier molecular flexibility index (Phi) is 17.0. The molecule has 41 heavy (non-hydrogen) atoms. The van der Waals surface area contributed by atoms with Gasteiger partial charge >= 0.3 is 35.8 Å². The molecule has 0 aliphatic heterocycles. The zero-order chi connectivity index (χ0) is 31.7. The summed E-state index contributed by atoms with van der Waals surface area (Å²) in [5.74, 6) is -6.61. The van der Waals surface area contributed by atoms with E-state index in [4.69, 9.17) is 23.7 Å². The van der Waals surface area contributed by atoms with Crippen LogP contribution in [0.4, 0.5) is 0 Å². The van der Waals surface area contributed by atoms with Crippen LogP contribution in [0.3, 0.4) is 0 Å². The average molecular weight is 591 g/mol. The van der Waals surface area contributed by atoms with Gasteiger partial charge in [-0.3, -0.25) is 33.6 Å². The van der Waals surface area contributed by atoms with Gasteiger partial charge in [-0.05, 0) is 19.3 Å². The second-order valence-corrected chi connectivity index (χ2v) is 8.69. The lowest BCUT2D eigenvalue weighted by Gasteiger charge is -2.34. The summed E-state index contributed by atoms with van der Waals surface area (Å²) in [4.78, 5) is 95.3. The Morgan fingerprint density at radius 1 is 0.659 bits per heavy atom. The summed E-state index contributed by atoms with van der Waals surface area (Å²) >= 11 is 0. The molecule has 0 radical (unpaired) electrons. The fraction of sp³-hybridized carbons (Fsp3) is 0.680. The highest BCUT2D eigenvalue weighted by molar-refractivity contribution is 5.85. The molecule has 16 nitrogen and oxygen atoms in total. The lowest BCUT2D eigenvalue weighted by Crippen LogP contribution is -2.57. The van der Waals surface area contributed by atoms with E-state index in [1.165, 1.54) is 14.0 Å². The Morgan fingerprint density at radius 2 is 1.20 bits per heavy atom. The first-order valence-corrected chi connectivity index (χ1v) is 12.5. The monoisotopic (exact) mass is 590 g/mol. The van der Waals surface area contributed by atoms with Gasteiger partial charge in [0.2, 0.25) is 12.0 Å². The summed E-state index contributed by atoms with van der Waals surface area (Å²) in [5, 5.41) is 4.95. The van der Waals surface area contributed by atoms with Crippen LogP contribution in [0.5, 0.6) is 0 Å². The second kappa shape index (κ2) is 18.9. The molecule has 5 atom stereocenters. The molecule has 0 spiro atoms. The number of hydrogen-bond donors (Lipinski definition) is 2. The van der Waals surface area contributed by atoms with Crippen molar-refractivity contribution in [2.45, 2.75) is 91.3 Å². The summed E-state index contributed by atoms with van der Waals surface area (Å²) in [6.07, 6.45) is -6.24. The number of amides is 2. The molecule has 0 saturated carbocycles. The molecular formula is C25H38N2O14. The van der Waals surface area contributed by atoms with Crippen LogP contribution < -0.4 is 10.6 Å². The van der Waals surface area contributed by atoms with Crippen molar-refractivity contribution in [1.82, 2.24) is 10.6 Å². The average Bonchev–Trinajstić information content (AvgIpc) is 2.84. The number of carbonyl (C=O) groups is 8. The van der Waals surface area contributed by atoms with E-state index < -0.39 is 84.7 Å². The van der Waals surface area contributed by atoms with Gasteiger partial charge in [0.1, 0.15) is 12.6 Å². The molecule has 2 amide bonds. The van der Waals surface area contributed by atoms with Gasteiger partial charge in [-0.1, -0.05) is 0 Å². The number of unbranched alkanes of at least 4 members (excludes halogenated alkanes) is 1. The normalized spacial score (nSPS) is 14.0. The van der Waals surface area contributed by atoms with Gasteiger partial charge in [0.05, 0.1) is 7.11 Å². The highest BCUT2D eigenvalue weighted by Gasteiger charge is 2.46. The fourth-order valence-corrected chi connectivity index (χ4v) is 3.52. The first-order valence-electron chi connectivity index (χ1n) is 12.5. The van der Waals surface area contributed by atoms with Gasteiger partial charge in [-0.2, -0.15) is 0 Å². The van der Waals surface area contributed by atoms with E-state index in [1.807, 2.05) is 0 Å². The Hall–Kier alpha value is -4.24. The van der Waals surface area contributed by atoms with Gasteiger partial charge in [0, 0.05) is 48.1 Å². The topological polar surface area (TPSA) is 216 Å².